The normalized spacial score (nSPS) is 12.1. The Labute approximate surface area is 210 Å². The van der Waals surface area contributed by atoms with Gasteiger partial charge in [0.05, 0.1) is 16.8 Å². The molecule has 0 amide bonds. The number of carbonyl (C=O) groups excluding carboxylic acids is 1. The molecule has 0 bridgehead atoms. The Balaban J connectivity index is 2.05. The summed E-state index contributed by atoms with van der Waals surface area (Å²) in [5.41, 5.74) is 6.72. The number of nitrogens with one attached hydrogen (secondary N) is 1. The maximum absolute atomic E-state index is 13.7. The van der Waals surface area contributed by atoms with Crippen LogP contribution in [0.5, 0.6) is 0 Å². The van der Waals surface area contributed by atoms with Gasteiger partial charge in [-0.1, -0.05) is 30.3 Å². The molecule has 0 saturated heterocycles. The molecule has 0 aliphatic carbocycles. The Hall–Kier alpha value is -3.21. The fourth-order valence-corrected chi connectivity index (χ4v) is 4.99. The van der Waals surface area contributed by atoms with Crippen LogP contribution in [0, 0.1) is 12.3 Å². The van der Waals surface area contributed by atoms with Crippen LogP contribution in [0.15, 0.2) is 59.8 Å². The van der Waals surface area contributed by atoms with Crippen molar-refractivity contribution in [2.45, 2.75) is 44.7 Å². The summed E-state index contributed by atoms with van der Waals surface area (Å²) in [6.07, 6.45) is 2.92. The minimum atomic E-state index is -4.12. The van der Waals surface area contributed by atoms with Gasteiger partial charge >= 0.3 is 5.97 Å². The first-order chi connectivity index (χ1) is 16.3. The number of hydrogen-bond donors (Lipinski definition) is 2. The number of carbonyl (C=O) groups is 1. The highest BCUT2D eigenvalue weighted by molar-refractivity contribution is 7.89. The monoisotopic (exact) mass is 517 g/mol. The van der Waals surface area contributed by atoms with Gasteiger partial charge in [-0.15, -0.1) is 0 Å². The first kappa shape index (κ1) is 26.4. The van der Waals surface area contributed by atoms with Crippen molar-refractivity contribution in [3.05, 3.63) is 66.0 Å². The molecule has 0 saturated carbocycles. The summed E-state index contributed by atoms with van der Waals surface area (Å²) in [6, 6.07) is 11.8. The topological polar surface area (TPSA) is 130 Å². The first-order valence-corrected chi connectivity index (χ1v) is 12.5. The van der Waals surface area contributed by atoms with Crippen molar-refractivity contribution in [2.75, 3.05) is 11.0 Å². The van der Waals surface area contributed by atoms with Crippen molar-refractivity contribution >= 4 is 50.2 Å². The maximum atomic E-state index is 13.7. The Morgan fingerprint density at radius 1 is 1.17 bits per heavy atom. The van der Waals surface area contributed by atoms with E-state index in [2.05, 4.69) is 4.98 Å². The van der Waals surface area contributed by atoms with Gasteiger partial charge in [0.1, 0.15) is 12.1 Å². The molecule has 3 aromatic rings. The number of anilines is 1. The van der Waals surface area contributed by atoms with Crippen LogP contribution in [-0.4, -0.2) is 41.8 Å². The van der Waals surface area contributed by atoms with Gasteiger partial charge < -0.3 is 10.5 Å². The molecule has 3 N–H and O–H groups in total. The summed E-state index contributed by atoms with van der Waals surface area (Å²) in [5.74, 6) is -1.06. The van der Waals surface area contributed by atoms with E-state index < -0.39 is 34.1 Å². The molecule has 186 valence electrons. The van der Waals surface area contributed by atoms with Crippen molar-refractivity contribution in [1.29, 1.82) is 5.41 Å². The van der Waals surface area contributed by atoms with Crippen LogP contribution < -0.4 is 10.2 Å². The quantitative estimate of drug-likeness (QED) is 0.210. The van der Waals surface area contributed by atoms with E-state index in [0.29, 0.717) is 16.5 Å². The summed E-state index contributed by atoms with van der Waals surface area (Å²) in [5, 5.41) is 8.59. The van der Waals surface area contributed by atoms with Gasteiger partial charge in [-0.3, -0.25) is 15.2 Å². The number of aryl methyl sites for hydroxylation is 1. The third kappa shape index (κ3) is 6.27. The van der Waals surface area contributed by atoms with Crippen LogP contribution in [0.4, 0.5) is 5.69 Å². The second-order valence-corrected chi connectivity index (χ2v) is 11.3. The number of aromatic nitrogens is 1. The molecule has 1 heterocycles. The number of benzene rings is 2. The smallest absolute Gasteiger partial charge is 0.321 e. The second-order valence-electron chi connectivity index (χ2n) is 8.99. The number of guanidine groups is 1. The molecular formula is C24H28ClN5O4S. The van der Waals surface area contributed by atoms with Crippen molar-refractivity contribution < 1.29 is 17.9 Å². The average molecular weight is 518 g/mol. The first-order valence-electron chi connectivity index (χ1n) is 10.7. The van der Waals surface area contributed by atoms with E-state index in [1.165, 1.54) is 24.5 Å². The number of sulfonamides is 1. The third-order valence-electron chi connectivity index (χ3n) is 5.10. The number of pyridine rings is 1. The number of hydrogen-bond acceptors (Lipinski definition) is 6. The van der Waals surface area contributed by atoms with Crippen molar-refractivity contribution in [2.24, 2.45) is 5.73 Å². The van der Waals surface area contributed by atoms with Crippen molar-refractivity contribution in [3.63, 3.8) is 0 Å². The van der Waals surface area contributed by atoms with Gasteiger partial charge in [-0.05, 0) is 51.0 Å². The van der Waals surface area contributed by atoms with Gasteiger partial charge in [-0.2, -0.15) is 4.31 Å². The molecule has 0 spiro atoms. The van der Waals surface area contributed by atoms with Gasteiger partial charge in [-0.25, -0.2) is 12.8 Å². The lowest BCUT2D eigenvalue weighted by Gasteiger charge is -2.25. The van der Waals surface area contributed by atoms with Gasteiger partial charge in [0, 0.05) is 35.3 Å². The fourth-order valence-electron chi connectivity index (χ4n) is 3.46. The summed E-state index contributed by atoms with van der Waals surface area (Å²) >= 11 is 6.08. The number of nitrogens with zero attached hydrogens (tertiary/aromatic N) is 3. The van der Waals surface area contributed by atoms with Crippen molar-refractivity contribution in [1.82, 2.24) is 9.29 Å². The Kier molecular flexibility index (Phi) is 7.68. The van der Waals surface area contributed by atoms with Gasteiger partial charge in [0.2, 0.25) is 16.0 Å². The largest absolute Gasteiger partial charge is 0.459 e. The number of rotatable bonds is 7. The highest BCUT2D eigenvalue weighted by Gasteiger charge is 2.30. The molecule has 0 fully saturated rings. The highest BCUT2D eigenvalue weighted by atomic mass is 35.5. The third-order valence-corrected chi connectivity index (χ3v) is 7.26. The van der Waals surface area contributed by atoms with Crippen LogP contribution in [0.1, 0.15) is 31.9 Å². The van der Waals surface area contributed by atoms with E-state index in [4.69, 9.17) is 27.7 Å². The van der Waals surface area contributed by atoms with E-state index in [-0.39, 0.29) is 11.4 Å². The predicted octanol–water partition coefficient (Wildman–Crippen LogP) is 3.93. The predicted molar refractivity (Wildman–Crippen MR) is 137 cm³/mol. The summed E-state index contributed by atoms with van der Waals surface area (Å²) in [6.45, 7) is 6.58. The molecule has 3 rings (SSSR count). The second kappa shape index (κ2) is 10.2. The Bertz CT molecular complexity index is 1370. The number of esters is 1. The minimum Gasteiger partial charge on any atom is -0.459 e. The summed E-state index contributed by atoms with van der Waals surface area (Å²) in [7, 11) is -4.12. The average Bonchev–Trinajstić information content (AvgIpc) is 2.77. The molecule has 0 aliphatic rings. The zero-order chi connectivity index (χ0) is 26.0. The van der Waals surface area contributed by atoms with E-state index in [1.54, 1.807) is 26.8 Å². The number of ether oxygens (including phenoxy) is 1. The molecule has 9 nitrogen and oxygen atoms in total. The Morgan fingerprint density at radius 2 is 1.86 bits per heavy atom. The number of fused-ring (bicyclic) bond motifs is 1. The zero-order valence-electron chi connectivity index (χ0n) is 19.9. The molecule has 35 heavy (non-hydrogen) atoms. The minimum absolute atomic E-state index is 0.00955. The van der Waals surface area contributed by atoms with Crippen LogP contribution in [0.25, 0.3) is 10.8 Å². The van der Waals surface area contributed by atoms with E-state index in [1.807, 2.05) is 31.2 Å². The molecule has 0 unspecified atom stereocenters. The maximum Gasteiger partial charge on any atom is 0.321 e. The van der Waals surface area contributed by atoms with Crippen LogP contribution in [0.3, 0.4) is 0 Å². The van der Waals surface area contributed by atoms with Crippen molar-refractivity contribution in [3.8, 4) is 0 Å². The molecule has 1 aromatic heterocycles. The Morgan fingerprint density at radius 3 is 2.49 bits per heavy atom. The fraction of sp³-hybridized carbons (Fsp3) is 0.292. The molecule has 0 atom stereocenters. The molecule has 2 aromatic carbocycles. The number of halogens is 1. The van der Waals surface area contributed by atoms with E-state index in [9.17, 15) is 13.2 Å². The zero-order valence-corrected chi connectivity index (χ0v) is 21.5. The van der Waals surface area contributed by atoms with Gasteiger partial charge in [0.15, 0.2) is 0 Å². The van der Waals surface area contributed by atoms with Crippen LogP contribution in [-0.2, 0) is 26.1 Å². The van der Waals surface area contributed by atoms with E-state index in [0.717, 1.165) is 19.9 Å². The lowest BCUT2D eigenvalue weighted by molar-refractivity contribution is -0.155. The van der Waals surface area contributed by atoms with Crippen LogP contribution in [0.2, 0.25) is 0 Å². The number of nitrogens with two attached hydrogens (primary N) is 1. The summed E-state index contributed by atoms with van der Waals surface area (Å²) in [4.78, 5) is 16.7. The highest BCUT2D eigenvalue weighted by Crippen LogP contribution is 2.30. The lowest BCUT2D eigenvalue weighted by Crippen LogP contribution is -2.38. The molecule has 0 radical (unpaired) electrons. The van der Waals surface area contributed by atoms with E-state index >= 15 is 0 Å². The molecular weight excluding hydrogens is 490 g/mol. The standard InChI is InChI=1S/C24H28ClN5O4S/c1-16-7-5-6-8-17(16)14-29(15-22(31)34-24(2,3)4)35(32,33)19-9-10-20-18(11-19)12-28-13-21(20)30(25)23(26)27/h5-13H,14-15H2,1-4H3,(H3,26,27). The molecule has 0 aliphatic heterocycles. The SMILES string of the molecule is Cc1ccccc1CN(CC(=O)OC(C)(C)C)S(=O)(=O)c1ccc2c(N(Cl)C(=N)N)cncc2c1. The molecule has 11 heteroatoms. The van der Waals surface area contributed by atoms with Gasteiger partial charge in [0.25, 0.3) is 0 Å². The lowest BCUT2D eigenvalue weighted by atomic mass is 10.1. The summed E-state index contributed by atoms with van der Waals surface area (Å²) < 4.78 is 34.9. The van der Waals surface area contributed by atoms with Crippen LogP contribution >= 0.6 is 11.8 Å².